The van der Waals surface area contributed by atoms with Crippen molar-refractivity contribution in [2.75, 3.05) is 5.32 Å². The fraction of sp³-hybridized carbons (Fsp3) is 0.208. The maximum absolute atomic E-state index is 13.5. The van der Waals surface area contributed by atoms with Crippen LogP contribution >= 0.6 is 0 Å². The van der Waals surface area contributed by atoms with Gasteiger partial charge in [-0.05, 0) is 71.8 Å². The van der Waals surface area contributed by atoms with E-state index < -0.39 is 0 Å². The second-order valence-corrected chi connectivity index (χ2v) is 7.38. The number of carbonyl (C=O) groups excluding carboxylic acids is 1. The van der Waals surface area contributed by atoms with E-state index in [0.717, 1.165) is 35.2 Å². The minimum Gasteiger partial charge on any atom is -0.326 e. The molecular formula is C24H21F2NO. The van der Waals surface area contributed by atoms with E-state index in [1.165, 1.54) is 31.2 Å². The quantitative estimate of drug-likeness (QED) is 0.613. The van der Waals surface area contributed by atoms with Crippen LogP contribution in [0.4, 0.5) is 14.5 Å². The molecule has 2 nitrogen and oxygen atoms in total. The Bertz CT molecular complexity index is 933. The van der Waals surface area contributed by atoms with Crippen molar-refractivity contribution in [1.82, 2.24) is 0 Å². The fourth-order valence-corrected chi connectivity index (χ4v) is 4.38. The highest BCUT2D eigenvalue weighted by Gasteiger charge is 2.49. The summed E-state index contributed by atoms with van der Waals surface area (Å²) in [4.78, 5) is 11.3. The van der Waals surface area contributed by atoms with Gasteiger partial charge in [0.05, 0.1) is 0 Å². The lowest BCUT2D eigenvalue weighted by atomic mass is 9.52. The van der Waals surface area contributed by atoms with Crippen molar-refractivity contribution in [2.45, 2.75) is 31.1 Å². The SMILES string of the molecule is CC(=O)Nc1ccc(C2CCC2(c2ccc(F)cc2)c2ccc(F)cc2)cc1. The first-order valence-corrected chi connectivity index (χ1v) is 9.39. The van der Waals surface area contributed by atoms with Gasteiger partial charge >= 0.3 is 0 Å². The van der Waals surface area contributed by atoms with Crippen molar-refractivity contribution in [1.29, 1.82) is 0 Å². The maximum Gasteiger partial charge on any atom is 0.221 e. The summed E-state index contributed by atoms with van der Waals surface area (Å²) in [7, 11) is 0. The number of anilines is 1. The molecule has 1 saturated carbocycles. The number of rotatable bonds is 4. The molecule has 0 saturated heterocycles. The monoisotopic (exact) mass is 377 g/mol. The summed E-state index contributed by atoms with van der Waals surface area (Å²) in [5.41, 5.74) is 3.64. The van der Waals surface area contributed by atoms with Crippen LogP contribution in [0.15, 0.2) is 72.8 Å². The van der Waals surface area contributed by atoms with Gasteiger partial charge in [-0.1, -0.05) is 36.4 Å². The molecule has 1 N–H and O–H groups in total. The van der Waals surface area contributed by atoms with E-state index in [1.807, 2.05) is 48.5 Å². The zero-order chi connectivity index (χ0) is 19.7. The molecule has 0 spiro atoms. The van der Waals surface area contributed by atoms with Gasteiger partial charge in [0.2, 0.25) is 5.91 Å². The highest BCUT2D eigenvalue weighted by Crippen LogP contribution is 2.58. The average Bonchev–Trinajstić information content (AvgIpc) is 2.65. The number of hydrogen-bond acceptors (Lipinski definition) is 1. The van der Waals surface area contributed by atoms with Crippen molar-refractivity contribution < 1.29 is 13.6 Å². The summed E-state index contributed by atoms with van der Waals surface area (Å²) in [6.07, 6.45) is 1.89. The van der Waals surface area contributed by atoms with Crippen LogP contribution in [0, 0.1) is 11.6 Å². The molecule has 1 aliphatic rings. The van der Waals surface area contributed by atoms with Crippen LogP contribution in [0.5, 0.6) is 0 Å². The highest BCUT2D eigenvalue weighted by atomic mass is 19.1. The van der Waals surface area contributed by atoms with E-state index in [2.05, 4.69) is 5.32 Å². The Morgan fingerprint density at radius 1 is 0.857 bits per heavy atom. The van der Waals surface area contributed by atoms with Gasteiger partial charge in [-0.2, -0.15) is 0 Å². The van der Waals surface area contributed by atoms with Crippen LogP contribution in [-0.2, 0) is 10.2 Å². The number of amides is 1. The van der Waals surface area contributed by atoms with Crippen molar-refractivity contribution >= 4 is 11.6 Å². The predicted molar refractivity (Wildman–Crippen MR) is 106 cm³/mol. The number of benzene rings is 3. The van der Waals surface area contributed by atoms with E-state index in [0.29, 0.717) is 0 Å². The summed E-state index contributed by atoms with van der Waals surface area (Å²) in [5, 5.41) is 2.78. The zero-order valence-electron chi connectivity index (χ0n) is 15.6. The third-order valence-corrected chi connectivity index (χ3v) is 5.77. The third kappa shape index (κ3) is 3.19. The molecule has 1 atom stereocenters. The predicted octanol–water partition coefficient (Wildman–Crippen LogP) is 5.79. The Hall–Kier alpha value is -3.01. The van der Waals surface area contributed by atoms with Gasteiger partial charge in [0.25, 0.3) is 0 Å². The summed E-state index contributed by atoms with van der Waals surface area (Å²) in [6.45, 7) is 1.48. The van der Waals surface area contributed by atoms with Crippen molar-refractivity contribution in [3.05, 3.63) is 101 Å². The second-order valence-electron chi connectivity index (χ2n) is 7.38. The van der Waals surface area contributed by atoms with E-state index in [1.54, 1.807) is 0 Å². The fourth-order valence-electron chi connectivity index (χ4n) is 4.38. The Morgan fingerprint density at radius 3 is 1.75 bits per heavy atom. The topological polar surface area (TPSA) is 29.1 Å². The lowest BCUT2D eigenvalue weighted by Crippen LogP contribution is -2.43. The standard InChI is InChI=1S/C24H21F2NO/c1-16(28)27-22-12-2-17(3-13-22)23-14-15-24(23,18-4-8-20(25)9-5-18)19-6-10-21(26)11-7-19/h2-13,23H,14-15H2,1H3,(H,27,28). The molecule has 0 aromatic heterocycles. The van der Waals surface area contributed by atoms with Gasteiger partial charge in [0, 0.05) is 18.0 Å². The first-order chi connectivity index (χ1) is 13.5. The Labute approximate surface area is 163 Å². The van der Waals surface area contributed by atoms with Crippen LogP contribution in [0.2, 0.25) is 0 Å². The molecule has 4 heteroatoms. The van der Waals surface area contributed by atoms with E-state index in [4.69, 9.17) is 0 Å². The average molecular weight is 377 g/mol. The molecule has 0 heterocycles. The van der Waals surface area contributed by atoms with Crippen LogP contribution < -0.4 is 5.32 Å². The number of nitrogens with one attached hydrogen (secondary N) is 1. The molecule has 0 radical (unpaired) electrons. The van der Waals surface area contributed by atoms with Crippen molar-refractivity contribution in [2.24, 2.45) is 0 Å². The summed E-state index contributed by atoms with van der Waals surface area (Å²) in [5.74, 6) is -0.458. The molecule has 1 unspecified atom stereocenters. The molecular weight excluding hydrogens is 356 g/mol. The summed E-state index contributed by atoms with van der Waals surface area (Å²) < 4.78 is 27.1. The molecule has 0 bridgehead atoms. The van der Waals surface area contributed by atoms with Crippen LogP contribution in [0.1, 0.15) is 42.4 Å². The largest absolute Gasteiger partial charge is 0.326 e. The molecule has 1 fully saturated rings. The molecule has 1 amide bonds. The first kappa shape index (κ1) is 18.4. The molecule has 0 aliphatic heterocycles. The molecule has 28 heavy (non-hydrogen) atoms. The normalized spacial score (nSPS) is 17.6. The molecule has 1 aliphatic carbocycles. The van der Waals surface area contributed by atoms with Gasteiger partial charge in [-0.25, -0.2) is 8.78 Å². The van der Waals surface area contributed by atoms with Crippen LogP contribution in [0.25, 0.3) is 0 Å². The minimum atomic E-state index is -0.322. The Morgan fingerprint density at radius 2 is 1.36 bits per heavy atom. The van der Waals surface area contributed by atoms with Gasteiger partial charge in [-0.3, -0.25) is 4.79 Å². The second kappa shape index (κ2) is 7.19. The van der Waals surface area contributed by atoms with Crippen LogP contribution in [-0.4, -0.2) is 5.91 Å². The van der Waals surface area contributed by atoms with Crippen molar-refractivity contribution in [3.8, 4) is 0 Å². The van der Waals surface area contributed by atoms with Crippen molar-refractivity contribution in [3.63, 3.8) is 0 Å². The molecule has 142 valence electrons. The smallest absolute Gasteiger partial charge is 0.221 e. The lowest BCUT2D eigenvalue weighted by molar-refractivity contribution is -0.114. The Balaban J connectivity index is 1.76. The first-order valence-electron chi connectivity index (χ1n) is 9.39. The van der Waals surface area contributed by atoms with E-state index in [9.17, 15) is 13.6 Å². The number of carbonyl (C=O) groups is 1. The summed E-state index contributed by atoms with van der Waals surface area (Å²) in [6, 6.07) is 21.1. The molecule has 3 aromatic rings. The van der Waals surface area contributed by atoms with Gasteiger partial charge in [0.15, 0.2) is 0 Å². The lowest BCUT2D eigenvalue weighted by Gasteiger charge is -2.51. The molecule has 3 aromatic carbocycles. The zero-order valence-corrected chi connectivity index (χ0v) is 15.6. The van der Waals surface area contributed by atoms with E-state index >= 15 is 0 Å². The van der Waals surface area contributed by atoms with E-state index in [-0.39, 0.29) is 28.9 Å². The van der Waals surface area contributed by atoms with Crippen LogP contribution in [0.3, 0.4) is 0 Å². The van der Waals surface area contributed by atoms with Gasteiger partial charge in [0.1, 0.15) is 11.6 Å². The number of hydrogen-bond donors (Lipinski definition) is 1. The van der Waals surface area contributed by atoms with Gasteiger partial charge < -0.3 is 5.32 Å². The third-order valence-electron chi connectivity index (χ3n) is 5.77. The number of halogens is 2. The highest BCUT2D eigenvalue weighted by molar-refractivity contribution is 5.88. The maximum atomic E-state index is 13.5. The Kier molecular flexibility index (Phi) is 4.71. The molecule has 4 rings (SSSR count). The summed E-state index contributed by atoms with van der Waals surface area (Å²) >= 11 is 0. The van der Waals surface area contributed by atoms with Gasteiger partial charge in [-0.15, -0.1) is 0 Å². The minimum absolute atomic E-state index is 0.108.